The molecule has 0 aliphatic heterocycles. The van der Waals surface area contributed by atoms with E-state index in [1.165, 1.54) is 0 Å². The Morgan fingerprint density at radius 1 is 1.38 bits per heavy atom. The zero-order valence-electron chi connectivity index (χ0n) is 7.90. The maximum Gasteiger partial charge on any atom is 0.379 e. The van der Waals surface area contributed by atoms with Crippen molar-refractivity contribution >= 4 is 11.8 Å². The van der Waals surface area contributed by atoms with E-state index in [2.05, 4.69) is 4.74 Å². The quantitative estimate of drug-likeness (QED) is 0.354. The van der Waals surface area contributed by atoms with Crippen LogP contribution in [-0.4, -0.2) is 34.9 Å². The van der Waals surface area contributed by atoms with Crippen molar-refractivity contribution in [2.45, 2.75) is 27.1 Å². The number of hydrogen-bond acceptors (Lipinski definition) is 5. The first-order valence-electron chi connectivity index (χ1n) is 3.81. The molecule has 2 N–H and O–H groups in total. The van der Waals surface area contributed by atoms with E-state index < -0.39 is 30.1 Å². The zero-order chi connectivity index (χ0) is 10.6. The predicted molar refractivity (Wildman–Crippen MR) is 43.6 cm³/mol. The summed E-state index contributed by atoms with van der Waals surface area (Å²) >= 11 is 0. The lowest BCUT2D eigenvalue weighted by atomic mass is 9.96. The Labute approximate surface area is 76.3 Å². The normalized spacial score (nSPS) is 13.6. The highest BCUT2D eigenvalue weighted by Crippen LogP contribution is 2.19. The van der Waals surface area contributed by atoms with Crippen molar-refractivity contribution in [3.05, 3.63) is 0 Å². The van der Waals surface area contributed by atoms with Gasteiger partial charge in [-0.2, -0.15) is 0 Å². The number of carbonyl (C=O) groups excluding carboxylic acids is 2. The molecule has 1 unspecified atom stereocenters. The molecule has 0 radical (unpaired) electrons. The molecule has 0 aliphatic rings. The van der Waals surface area contributed by atoms with Crippen LogP contribution in [0.2, 0.25) is 0 Å². The van der Waals surface area contributed by atoms with Crippen LogP contribution < -0.4 is 0 Å². The molecule has 0 heterocycles. The van der Waals surface area contributed by atoms with Crippen molar-refractivity contribution in [3.8, 4) is 0 Å². The number of aliphatic hydroxyl groups excluding tert-OH is 2. The van der Waals surface area contributed by atoms with Crippen molar-refractivity contribution in [1.82, 2.24) is 0 Å². The minimum absolute atomic E-state index is 0.647. The van der Waals surface area contributed by atoms with Crippen molar-refractivity contribution < 1.29 is 24.5 Å². The molecule has 0 amide bonds. The van der Waals surface area contributed by atoms with E-state index in [9.17, 15) is 14.7 Å². The average Bonchev–Trinajstić information content (AvgIpc) is 2.01. The van der Waals surface area contributed by atoms with Crippen molar-refractivity contribution in [1.29, 1.82) is 0 Å². The number of ether oxygens (including phenoxy) is 1. The van der Waals surface area contributed by atoms with Crippen molar-refractivity contribution in [2.24, 2.45) is 5.41 Å². The Morgan fingerprint density at radius 3 is 2.15 bits per heavy atom. The topological polar surface area (TPSA) is 83.8 Å². The molecule has 0 bridgehead atoms. The van der Waals surface area contributed by atoms with Gasteiger partial charge in [0, 0.05) is 5.41 Å². The maximum absolute atomic E-state index is 10.7. The molecular weight excluding hydrogens is 176 g/mol. The number of carbonyl (C=O) groups is 2. The van der Waals surface area contributed by atoms with E-state index in [0.29, 0.717) is 0 Å². The maximum atomic E-state index is 10.7. The summed E-state index contributed by atoms with van der Waals surface area (Å²) in [7, 11) is 0. The number of Topliss-reactive ketones (excluding diaryl/α,β-unsaturated/α-hetero) is 1. The molecule has 0 aromatic rings. The third-order valence-electron chi connectivity index (χ3n) is 1.33. The number of rotatable bonds is 3. The largest absolute Gasteiger partial charge is 0.430 e. The van der Waals surface area contributed by atoms with E-state index >= 15 is 0 Å². The molecule has 0 aliphatic carbocycles. The van der Waals surface area contributed by atoms with E-state index in [1.54, 1.807) is 20.8 Å². The Balaban J connectivity index is 4.15. The van der Waals surface area contributed by atoms with Gasteiger partial charge in [0.2, 0.25) is 6.29 Å². The summed E-state index contributed by atoms with van der Waals surface area (Å²) in [5.74, 6) is -2.28. The second kappa shape index (κ2) is 4.34. The Kier molecular flexibility index (Phi) is 4.03. The first-order chi connectivity index (χ1) is 5.79. The highest BCUT2D eigenvalue weighted by molar-refractivity contribution is 6.34. The first kappa shape index (κ1) is 12.1. The standard InChI is InChI=1S/C8H14O5/c1-8(2,3)7(12)13-6(11)5(10)4-9/h7,9,12H,4H2,1-3H3. The third kappa shape index (κ3) is 4.00. The fourth-order valence-corrected chi connectivity index (χ4v) is 0.408. The summed E-state index contributed by atoms with van der Waals surface area (Å²) in [4.78, 5) is 21.3. The smallest absolute Gasteiger partial charge is 0.379 e. The Hall–Kier alpha value is -0.940. The highest BCUT2D eigenvalue weighted by atomic mass is 16.6. The van der Waals surface area contributed by atoms with Gasteiger partial charge >= 0.3 is 5.97 Å². The van der Waals surface area contributed by atoms with Crippen LogP contribution >= 0.6 is 0 Å². The third-order valence-corrected chi connectivity index (χ3v) is 1.33. The predicted octanol–water partition coefficient (Wildman–Crippen LogP) is -0.545. The lowest BCUT2D eigenvalue weighted by molar-refractivity contribution is -0.188. The minimum atomic E-state index is -1.35. The van der Waals surface area contributed by atoms with E-state index in [4.69, 9.17) is 5.11 Å². The van der Waals surface area contributed by atoms with Crippen molar-refractivity contribution in [3.63, 3.8) is 0 Å². The second-order valence-electron chi connectivity index (χ2n) is 3.70. The van der Waals surface area contributed by atoms with Gasteiger partial charge in [-0.25, -0.2) is 4.79 Å². The monoisotopic (exact) mass is 190 g/mol. The summed E-state index contributed by atoms with van der Waals surface area (Å²) < 4.78 is 4.37. The van der Waals surface area contributed by atoms with Gasteiger partial charge in [0.05, 0.1) is 0 Å². The number of aliphatic hydroxyl groups is 2. The fourth-order valence-electron chi connectivity index (χ4n) is 0.408. The number of esters is 1. The molecule has 5 heteroatoms. The fraction of sp³-hybridized carbons (Fsp3) is 0.750. The molecule has 0 aromatic carbocycles. The molecular formula is C8H14O5. The molecule has 76 valence electrons. The SMILES string of the molecule is CC(C)(C)C(O)OC(=O)C(=O)CO. The van der Waals surface area contributed by atoms with Crippen LogP contribution in [0.5, 0.6) is 0 Å². The van der Waals surface area contributed by atoms with E-state index in [-0.39, 0.29) is 0 Å². The molecule has 0 rings (SSSR count). The van der Waals surface area contributed by atoms with Gasteiger partial charge in [0.25, 0.3) is 5.78 Å². The molecule has 0 saturated carbocycles. The van der Waals surface area contributed by atoms with Crippen LogP contribution in [0.4, 0.5) is 0 Å². The van der Waals surface area contributed by atoms with E-state index in [1.807, 2.05) is 0 Å². The van der Waals surface area contributed by atoms with Crippen LogP contribution in [0.1, 0.15) is 20.8 Å². The summed E-state index contributed by atoms with van der Waals surface area (Å²) in [5.41, 5.74) is -0.647. The molecule has 0 fully saturated rings. The molecule has 0 spiro atoms. The van der Waals surface area contributed by atoms with Crippen LogP contribution in [0.25, 0.3) is 0 Å². The van der Waals surface area contributed by atoms with Gasteiger partial charge in [-0.05, 0) is 0 Å². The number of hydrogen-bond donors (Lipinski definition) is 2. The van der Waals surface area contributed by atoms with E-state index in [0.717, 1.165) is 0 Å². The highest BCUT2D eigenvalue weighted by Gasteiger charge is 2.28. The lowest BCUT2D eigenvalue weighted by Gasteiger charge is -2.24. The Bertz CT molecular complexity index is 203. The molecule has 0 aromatic heterocycles. The minimum Gasteiger partial charge on any atom is -0.430 e. The average molecular weight is 190 g/mol. The van der Waals surface area contributed by atoms with Gasteiger partial charge < -0.3 is 14.9 Å². The second-order valence-corrected chi connectivity index (χ2v) is 3.70. The molecule has 13 heavy (non-hydrogen) atoms. The zero-order valence-corrected chi connectivity index (χ0v) is 7.90. The van der Waals surface area contributed by atoms with Crippen LogP contribution in [0.3, 0.4) is 0 Å². The van der Waals surface area contributed by atoms with Crippen molar-refractivity contribution in [2.75, 3.05) is 6.61 Å². The molecule has 1 atom stereocenters. The molecule has 5 nitrogen and oxygen atoms in total. The van der Waals surface area contributed by atoms with Gasteiger partial charge in [-0.1, -0.05) is 20.8 Å². The summed E-state index contributed by atoms with van der Waals surface area (Å²) in [6.07, 6.45) is -1.35. The summed E-state index contributed by atoms with van der Waals surface area (Å²) in [6, 6.07) is 0. The van der Waals surface area contributed by atoms with Gasteiger partial charge in [0.1, 0.15) is 6.61 Å². The molecule has 0 saturated heterocycles. The number of ketones is 1. The van der Waals surface area contributed by atoms with Crippen LogP contribution in [0.15, 0.2) is 0 Å². The summed E-state index contributed by atoms with van der Waals surface area (Å²) in [5, 5.41) is 17.5. The van der Waals surface area contributed by atoms with Gasteiger partial charge in [-0.3, -0.25) is 4.79 Å². The Morgan fingerprint density at radius 2 is 1.85 bits per heavy atom. The van der Waals surface area contributed by atoms with Gasteiger partial charge in [-0.15, -0.1) is 0 Å². The lowest BCUT2D eigenvalue weighted by Crippen LogP contribution is -2.34. The van der Waals surface area contributed by atoms with Crippen LogP contribution in [0, 0.1) is 5.41 Å². The summed E-state index contributed by atoms with van der Waals surface area (Å²) in [6.45, 7) is 4.03. The van der Waals surface area contributed by atoms with Crippen LogP contribution in [-0.2, 0) is 14.3 Å². The van der Waals surface area contributed by atoms with Gasteiger partial charge in [0.15, 0.2) is 0 Å². The first-order valence-corrected chi connectivity index (χ1v) is 3.81.